The van der Waals surface area contributed by atoms with Gasteiger partial charge in [0.15, 0.2) is 0 Å². The fraction of sp³-hybridized carbons (Fsp3) is 0.429. The average Bonchev–Trinajstić information content (AvgIpc) is 3.38. The predicted octanol–water partition coefficient (Wildman–Crippen LogP) is 2.62. The minimum atomic E-state index is 0.142. The highest BCUT2D eigenvalue weighted by Crippen LogP contribution is 2.47. The minimum Gasteiger partial charge on any atom is -0.495 e. The maximum atomic E-state index is 8.99. The monoisotopic (exact) mass is 395 g/mol. The van der Waals surface area contributed by atoms with Crippen LogP contribution in [0.3, 0.4) is 0 Å². The number of rotatable bonds is 9. The number of methoxy groups -OCH3 is 1. The van der Waals surface area contributed by atoms with E-state index in [-0.39, 0.29) is 6.61 Å². The number of aliphatic hydroxyl groups is 1. The maximum Gasteiger partial charge on any atom is 0.224 e. The van der Waals surface area contributed by atoms with Crippen LogP contribution in [0, 0.1) is 12.8 Å². The van der Waals surface area contributed by atoms with Gasteiger partial charge in [0.05, 0.1) is 31.7 Å². The second-order valence-electron chi connectivity index (χ2n) is 7.24. The molecule has 8 heteroatoms. The summed E-state index contributed by atoms with van der Waals surface area (Å²) in [6.45, 7) is 3.24. The molecule has 8 nitrogen and oxygen atoms in total. The fourth-order valence-electron chi connectivity index (χ4n) is 3.33. The van der Waals surface area contributed by atoms with Crippen LogP contribution >= 0.6 is 0 Å². The van der Waals surface area contributed by atoms with Crippen molar-refractivity contribution in [2.24, 2.45) is 5.92 Å². The van der Waals surface area contributed by atoms with Crippen LogP contribution in [-0.2, 0) is 6.54 Å². The highest BCUT2D eigenvalue weighted by Gasteiger charge is 2.40. The topological polar surface area (TPSA) is 95.2 Å². The molecule has 1 saturated carbocycles. The first kappa shape index (κ1) is 19.3. The first-order valence-electron chi connectivity index (χ1n) is 9.78. The Kier molecular flexibility index (Phi) is 5.71. The summed E-state index contributed by atoms with van der Waals surface area (Å²) in [7, 11) is 1.64. The molecule has 0 aromatic carbocycles. The van der Waals surface area contributed by atoms with Gasteiger partial charge in [-0.25, -0.2) is 4.98 Å². The molecule has 0 aliphatic heterocycles. The number of hydrogen-bond acceptors (Lipinski definition) is 7. The molecule has 1 aliphatic carbocycles. The Bertz CT molecular complexity index is 957. The number of aryl methyl sites for hydroxylation is 2. The van der Waals surface area contributed by atoms with Gasteiger partial charge in [0.25, 0.3) is 0 Å². The molecule has 0 bridgehead atoms. The molecule has 0 unspecified atom stereocenters. The zero-order valence-corrected chi connectivity index (χ0v) is 16.7. The molecule has 1 fully saturated rings. The second-order valence-corrected chi connectivity index (χ2v) is 7.24. The van der Waals surface area contributed by atoms with E-state index in [1.807, 2.05) is 29.9 Å². The van der Waals surface area contributed by atoms with Crippen LogP contribution in [0.5, 0.6) is 11.6 Å². The van der Waals surface area contributed by atoms with Crippen molar-refractivity contribution in [3.05, 3.63) is 48.4 Å². The number of nitrogens with zero attached hydrogens (tertiary/aromatic N) is 5. The first-order valence-corrected chi connectivity index (χ1v) is 9.78. The highest BCUT2D eigenvalue weighted by molar-refractivity contribution is 5.66. The third kappa shape index (κ3) is 4.54. The van der Waals surface area contributed by atoms with Gasteiger partial charge in [-0.15, -0.1) is 0 Å². The van der Waals surface area contributed by atoms with Gasteiger partial charge in [-0.3, -0.25) is 9.67 Å². The fourth-order valence-corrected chi connectivity index (χ4v) is 3.33. The highest BCUT2D eigenvalue weighted by atomic mass is 16.5. The summed E-state index contributed by atoms with van der Waals surface area (Å²) in [5.74, 6) is 2.84. The maximum absolute atomic E-state index is 8.99. The Balaban J connectivity index is 1.42. The summed E-state index contributed by atoms with van der Waals surface area (Å²) in [5, 5.41) is 13.3. The number of hydrogen-bond donors (Lipinski definition) is 1. The Morgan fingerprint density at radius 3 is 2.86 bits per heavy atom. The molecule has 4 rings (SSSR count). The van der Waals surface area contributed by atoms with Gasteiger partial charge in [-0.1, -0.05) is 0 Å². The van der Waals surface area contributed by atoms with Crippen molar-refractivity contribution < 1.29 is 14.6 Å². The van der Waals surface area contributed by atoms with Crippen molar-refractivity contribution >= 4 is 0 Å². The van der Waals surface area contributed by atoms with E-state index in [0.29, 0.717) is 43.1 Å². The third-order valence-electron chi connectivity index (χ3n) is 5.10. The SMILES string of the molecule is COc1ccc([C@H]2C[C@@H]2COc2nc(C)ncc2-c2cnn(CCCO)c2)nc1. The zero-order chi connectivity index (χ0) is 20.2. The van der Waals surface area contributed by atoms with E-state index < -0.39 is 0 Å². The van der Waals surface area contributed by atoms with Crippen molar-refractivity contribution in [1.82, 2.24) is 24.7 Å². The lowest BCUT2D eigenvalue weighted by Crippen LogP contribution is -2.05. The molecule has 3 aromatic rings. The van der Waals surface area contributed by atoms with Crippen LogP contribution in [0.2, 0.25) is 0 Å². The van der Waals surface area contributed by atoms with Crippen LogP contribution in [-0.4, -0.2) is 50.2 Å². The van der Waals surface area contributed by atoms with Gasteiger partial charge in [-0.2, -0.15) is 10.1 Å². The Hall–Kier alpha value is -3.00. The molecular formula is C21H25N5O3. The summed E-state index contributed by atoms with van der Waals surface area (Å²) < 4.78 is 13.1. The van der Waals surface area contributed by atoms with Gasteiger partial charge in [0.2, 0.25) is 5.88 Å². The molecule has 1 aliphatic rings. The van der Waals surface area contributed by atoms with Crippen molar-refractivity contribution in [1.29, 1.82) is 0 Å². The number of aliphatic hydroxyl groups excluding tert-OH is 1. The molecule has 0 radical (unpaired) electrons. The molecule has 2 atom stereocenters. The van der Waals surface area contributed by atoms with Crippen molar-refractivity contribution in [2.45, 2.75) is 32.2 Å². The van der Waals surface area contributed by atoms with Crippen LogP contribution in [0.25, 0.3) is 11.1 Å². The summed E-state index contributed by atoms with van der Waals surface area (Å²) in [5.41, 5.74) is 2.80. The molecule has 0 saturated heterocycles. The normalized spacial score (nSPS) is 17.9. The summed E-state index contributed by atoms with van der Waals surface area (Å²) >= 11 is 0. The third-order valence-corrected chi connectivity index (χ3v) is 5.10. The quantitative estimate of drug-likeness (QED) is 0.595. The van der Waals surface area contributed by atoms with E-state index in [2.05, 4.69) is 20.1 Å². The van der Waals surface area contributed by atoms with Gasteiger partial charge >= 0.3 is 0 Å². The lowest BCUT2D eigenvalue weighted by Gasteiger charge is -2.10. The van der Waals surface area contributed by atoms with Crippen LogP contribution in [0.15, 0.2) is 36.9 Å². The molecule has 1 N–H and O–H groups in total. The van der Waals surface area contributed by atoms with Gasteiger partial charge in [0, 0.05) is 48.6 Å². The van der Waals surface area contributed by atoms with Crippen LogP contribution < -0.4 is 9.47 Å². The minimum absolute atomic E-state index is 0.142. The van der Waals surface area contributed by atoms with E-state index in [4.69, 9.17) is 14.6 Å². The van der Waals surface area contributed by atoms with E-state index in [1.54, 1.807) is 25.7 Å². The van der Waals surface area contributed by atoms with Crippen LogP contribution in [0.4, 0.5) is 0 Å². The lowest BCUT2D eigenvalue weighted by molar-refractivity contribution is 0.277. The Morgan fingerprint density at radius 2 is 2.10 bits per heavy atom. The van der Waals surface area contributed by atoms with Crippen LogP contribution in [0.1, 0.15) is 30.3 Å². The Labute approximate surface area is 169 Å². The summed E-state index contributed by atoms with van der Waals surface area (Å²) in [4.78, 5) is 13.3. The van der Waals surface area contributed by atoms with E-state index in [0.717, 1.165) is 29.0 Å². The largest absolute Gasteiger partial charge is 0.495 e. The predicted molar refractivity (Wildman–Crippen MR) is 107 cm³/mol. The smallest absolute Gasteiger partial charge is 0.224 e. The molecular weight excluding hydrogens is 370 g/mol. The summed E-state index contributed by atoms with van der Waals surface area (Å²) in [6, 6.07) is 3.96. The zero-order valence-electron chi connectivity index (χ0n) is 16.7. The van der Waals surface area contributed by atoms with E-state index >= 15 is 0 Å². The molecule has 0 spiro atoms. The number of pyridine rings is 1. The number of aromatic nitrogens is 5. The average molecular weight is 395 g/mol. The summed E-state index contributed by atoms with van der Waals surface area (Å²) in [6.07, 6.45) is 8.96. The molecule has 152 valence electrons. The van der Waals surface area contributed by atoms with E-state index in [1.165, 1.54) is 0 Å². The molecule has 3 heterocycles. The first-order chi connectivity index (χ1) is 14.2. The van der Waals surface area contributed by atoms with Gasteiger partial charge in [0.1, 0.15) is 11.6 Å². The molecule has 29 heavy (non-hydrogen) atoms. The van der Waals surface area contributed by atoms with Gasteiger partial charge in [-0.05, 0) is 31.9 Å². The number of ether oxygens (including phenoxy) is 2. The van der Waals surface area contributed by atoms with Crippen molar-refractivity contribution in [3.8, 4) is 22.8 Å². The molecule has 0 amide bonds. The van der Waals surface area contributed by atoms with Gasteiger partial charge < -0.3 is 14.6 Å². The second kappa shape index (κ2) is 8.57. The van der Waals surface area contributed by atoms with Crippen molar-refractivity contribution in [2.75, 3.05) is 20.3 Å². The Morgan fingerprint density at radius 1 is 1.21 bits per heavy atom. The molecule has 3 aromatic heterocycles. The van der Waals surface area contributed by atoms with Crippen molar-refractivity contribution in [3.63, 3.8) is 0 Å². The van der Waals surface area contributed by atoms with E-state index in [9.17, 15) is 0 Å². The standard InChI is InChI=1S/C21H25N5O3/c1-14-22-11-19(16-9-24-26(12-16)6-3-7-27)21(25-14)29-13-15-8-18(15)20-5-4-17(28-2)10-23-20/h4-5,9-12,15,18,27H,3,6-8,13H2,1-2H3/t15-,18+/m1/s1. The lowest BCUT2D eigenvalue weighted by atomic mass is 10.2.